The van der Waals surface area contributed by atoms with Gasteiger partial charge in [0.1, 0.15) is 24.3 Å². The van der Waals surface area contributed by atoms with Crippen LogP contribution in [0.25, 0.3) is 10.8 Å². The molecule has 0 saturated carbocycles. The van der Waals surface area contributed by atoms with Crippen molar-refractivity contribution < 1.29 is 19.0 Å². The van der Waals surface area contributed by atoms with Crippen LogP contribution in [0.5, 0.6) is 5.75 Å². The number of ether oxygens (including phenoxy) is 1. The van der Waals surface area contributed by atoms with Gasteiger partial charge in [0.25, 0.3) is 0 Å². The highest BCUT2D eigenvalue weighted by atomic mass is 19.1. The molecule has 0 unspecified atom stereocenters. The minimum atomic E-state index is -0.675. The van der Waals surface area contributed by atoms with E-state index in [2.05, 4.69) is 34.1 Å². The van der Waals surface area contributed by atoms with Crippen molar-refractivity contribution in [1.29, 1.82) is 0 Å². The number of nitrogens with zero attached hydrogens (tertiary/aromatic N) is 2. The number of aryl methyl sites for hydroxylation is 1. The Morgan fingerprint density at radius 2 is 1.58 bits per heavy atom. The first-order valence-electron chi connectivity index (χ1n) is 13.2. The normalized spacial score (nSPS) is 14.9. The van der Waals surface area contributed by atoms with E-state index in [-0.39, 0.29) is 18.2 Å². The van der Waals surface area contributed by atoms with Gasteiger partial charge in [-0.1, -0.05) is 54.6 Å². The number of aliphatic hydroxyl groups excluding tert-OH is 1. The fourth-order valence-corrected chi connectivity index (χ4v) is 5.09. The average Bonchev–Trinajstić information content (AvgIpc) is 2.96. The van der Waals surface area contributed by atoms with E-state index in [4.69, 9.17) is 4.74 Å². The second kappa shape index (κ2) is 12.2. The van der Waals surface area contributed by atoms with Gasteiger partial charge in [-0.15, -0.1) is 0 Å². The Bertz CT molecular complexity index is 1360. The number of carbonyl (C=O) groups excluding carboxylic acids is 1. The molecule has 0 spiro atoms. The first-order valence-corrected chi connectivity index (χ1v) is 13.2. The number of Topliss-reactive ketones (excluding diaryl/α,β-unsaturated/α-hetero) is 1. The van der Waals surface area contributed by atoms with Gasteiger partial charge in [-0.2, -0.15) is 0 Å². The quantitative estimate of drug-likeness (QED) is 0.290. The molecule has 38 heavy (non-hydrogen) atoms. The van der Waals surface area contributed by atoms with Crippen molar-refractivity contribution in [2.45, 2.75) is 18.9 Å². The number of rotatable bonds is 10. The summed E-state index contributed by atoms with van der Waals surface area (Å²) in [6.45, 7) is 3.84. The number of aliphatic hydroxyl groups is 1. The number of benzene rings is 4. The number of anilines is 1. The zero-order valence-electron chi connectivity index (χ0n) is 21.4. The second-order valence-corrected chi connectivity index (χ2v) is 9.79. The first-order chi connectivity index (χ1) is 18.6. The number of carbonyl (C=O) groups is 1. The average molecular weight is 513 g/mol. The predicted molar refractivity (Wildman–Crippen MR) is 150 cm³/mol. The molecule has 0 amide bonds. The van der Waals surface area contributed by atoms with Gasteiger partial charge >= 0.3 is 0 Å². The van der Waals surface area contributed by atoms with Crippen LogP contribution in [0.3, 0.4) is 0 Å². The molecule has 1 N–H and O–H groups in total. The lowest BCUT2D eigenvalue weighted by Gasteiger charge is -2.36. The summed E-state index contributed by atoms with van der Waals surface area (Å²) in [5.41, 5.74) is 2.72. The summed E-state index contributed by atoms with van der Waals surface area (Å²) in [7, 11) is 0. The van der Waals surface area contributed by atoms with Gasteiger partial charge in [0.2, 0.25) is 0 Å². The highest BCUT2D eigenvalue weighted by Crippen LogP contribution is 2.24. The fraction of sp³-hybridized carbons (Fsp3) is 0.281. The molecule has 1 saturated heterocycles. The molecular formula is C32H33FN2O3. The van der Waals surface area contributed by atoms with Crippen molar-refractivity contribution >= 4 is 22.2 Å². The number of para-hydroxylation sites is 1. The fourth-order valence-electron chi connectivity index (χ4n) is 5.09. The first kappa shape index (κ1) is 25.9. The highest BCUT2D eigenvalue weighted by Gasteiger charge is 2.21. The summed E-state index contributed by atoms with van der Waals surface area (Å²) in [6, 6.07) is 28.2. The van der Waals surface area contributed by atoms with E-state index < -0.39 is 6.10 Å². The van der Waals surface area contributed by atoms with E-state index in [0.717, 1.165) is 37.4 Å². The molecular weight excluding hydrogens is 479 g/mol. The lowest BCUT2D eigenvalue weighted by molar-refractivity contribution is 0.0655. The van der Waals surface area contributed by atoms with Crippen LogP contribution in [0.4, 0.5) is 10.1 Å². The Hall–Kier alpha value is -3.74. The van der Waals surface area contributed by atoms with Crippen LogP contribution in [0.2, 0.25) is 0 Å². The van der Waals surface area contributed by atoms with E-state index in [1.165, 1.54) is 22.9 Å². The molecule has 1 aliphatic rings. The highest BCUT2D eigenvalue weighted by molar-refractivity contribution is 5.99. The van der Waals surface area contributed by atoms with Crippen LogP contribution in [0.1, 0.15) is 22.3 Å². The third-order valence-electron chi connectivity index (χ3n) is 7.15. The molecule has 5 nitrogen and oxygen atoms in total. The molecule has 5 rings (SSSR count). The Morgan fingerprint density at radius 1 is 0.868 bits per heavy atom. The topological polar surface area (TPSA) is 53.0 Å². The third kappa shape index (κ3) is 6.39. The minimum Gasteiger partial charge on any atom is -0.490 e. The van der Waals surface area contributed by atoms with E-state index in [1.54, 1.807) is 24.3 Å². The monoisotopic (exact) mass is 512 g/mol. The molecule has 196 valence electrons. The molecule has 4 aromatic carbocycles. The summed E-state index contributed by atoms with van der Waals surface area (Å²) < 4.78 is 19.1. The van der Waals surface area contributed by atoms with E-state index >= 15 is 0 Å². The van der Waals surface area contributed by atoms with Crippen molar-refractivity contribution in [2.75, 3.05) is 44.2 Å². The molecule has 0 bridgehead atoms. The lowest BCUT2D eigenvalue weighted by Crippen LogP contribution is -2.49. The maximum atomic E-state index is 13.2. The summed E-state index contributed by atoms with van der Waals surface area (Å²) in [5, 5.41) is 13.0. The van der Waals surface area contributed by atoms with Gasteiger partial charge in [-0.3, -0.25) is 9.69 Å². The van der Waals surface area contributed by atoms with Gasteiger partial charge in [0, 0.05) is 44.8 Å². The van der Waals surface area contributed by atoms with E-state index in [9.17, 15) is 14.3 Å². The molecule has 0 aromatic heterocycles. The van der Waals surface area contributed by atoms with E-state index in [0.29, 0.717) is 30.7 Å². The van der Waals surface area contributed by atoms with Crippen LogP contribution in [0.15, 0.2) is 91.0 Å². The van der Waals surface area contributed by atoms with Crippen molar-refractivity contribution in [3.05, 3.63) is 108 Å². The Labute approximate surface area is 223 Å². The zero-order chi connectivity index (χ0) is 26.3. The van der Waals surface area contributed by atoms with Gasteiger partial charge in [-0.05, 0) is 59.2 Å². The Kier molecular flexibility index (Phi) is 8.31. The van der Waals surface area contributed by atoms with Gasteiger partial charge in [0.05, 0.1) is 5.56 Å². The van der Waals surface area contributed by atoms with Crippen molar-refractivity contribution in [3.8, 4) is 5.75 Å². The summed E-state index contributed by atoms with van der Waals surface area (Å²) >= 11 is 0. The van der Waals surface area contributed by atoms with Crippen LogP contribution in [-0.2, 0) is 6.42 Å². The maximum Gasteiger partial charge on any atom is 0.166 e. The summed E-state index contributed by atoms with van der Waals surface area (Å²) in [5.74, 6) is 0.305. The Balaban J connectivity index is 1.12. The van der Waals surface area contributed by atoms with Crippen LogP contribution in [-0.4, -0.2) is 61.2 Å². The largest absolute Gasteiger partial charge is 0.490 e. The smallest absolute Gasteiger partial charge is 0.166 e. The second-order valence-electron chi connectivity index (χ2n) is 9.79. The van der Waals surface area contributed by atoms with Crippen LogP contribution in [0, 0.1) is 5.82 Å². The molecule has 1 heterocycles. The SMILES string of the molecule is O=C(CCc1cccc2ccccc12)c1ccccc1OC[C@H](O)CN1CCN(c2ccc(F)cc2)CC1. The maximum absolute atomic E-state index is 13.2. The number of piperazine rings is 1. The standard InChI is InChI=1S/C32H33FN2O3/c33-26-13-15-27(16-14-26)35-20-18-34(19-21-35)22-28(36)23-38-32-11-4-3-10-30(32)31(37)17-12-25-8-5-7-24-6-1-2-9-29(24)25/h1-11,13-16,28,36H,12,17-23H2/t28-/m1/s1. The number of halogens is 1. The number of β-amino-alcohol motifs (C(OH)–C–C–N with tert-alkyl or cyclic N) is 1. The molecule has 4 aromatic rings. The van der Waals surface area contributed by atoms with Crippen LogP contribution < -0.4 is 9.64 Å². The number of hydrogen-bond donors (Lipinski definition) is 1. The van der Waals surface area contributed by atoms with Crippen LogP contribution >= 0.6 is 0 Å². The van der Waals surface area contributed by atoms with E-state index in [1.807, 2.05) is 30.3 Å². The molecule has 1 atom stereocenters. The molecule has 1 aliphatic heterocycles. The Morgan fingerprint density at radius 3 is 2.39 bits per heavy atom. The minimum absolute atomic E-state index is 0.0277. The summed E-state index contributed by atoms with van der Waals surface area (Å²) in [4.78, 5) is 17.6. The lowest BCUT2D eigenvalue weighted by atomic mass is 9.98. The van der Waals surface area contributed by atoms with Gasteiger partial charge in [0.15, 0.2) is 5.78 Å². The summed E-state index contributed by atoms with van der Waals surface area (Å²) in [6.07, 6.45) is 0.363. The zero-order valence-corrected chi connectivity index (χ0v) is 21.4. The molecule has 0 aliphatic carbocycles. The van der Waals surface area contributed by atoms with Crippen molar-refractivity contribution in [1.82, 2.24) is 4.90 Å². The molecule has 0 radical (unpaired) electrons. The van der Waals surface area contributed by atoms with Gasteiger partial charge < -0.3 is 14.7 Å². The number of fused-ring (bicyclic) bond motifs is 1. The van der Waals surface area contributed by atoms with Crippen molar-refractivity contribution in [3.63, 3.8) is 0 Å². The number of ketones is 1. The molecule has 1 fully saturated rings. The van der Waals surface area contributed by atoms with Gasteiger partial charge in [-0.25, -0.2) is 4.39 Å². The molecule has 6 heteroatoms. The third-order valence-corrected chi connectivity index (χ3v) is 7.15. The van der Waals surface area contributed by atoms with Crippen molar-refractivity contribution in [2.24, 2.45) is 0 Å². The predicted octanol–water partition coefficient (Wildman–Crippen LogP) is 5.36. The number of hydrogen-bond acceptors (Lipinski definition) is 5.